The van der Waals surface area contributed by atoms with Gasteiger partial charge >= 0.3 is 0 Å². The molecule has 0 radical (unpaired) electrons. The molecule has 1 saturated carbocycles. The summed E-state index contributed by atoms with van der Waals surface area (Å²) in [5, 5.41) is 9.72. The molecule has 0 spiro atoms. The van der Waals surface area contributed by atoms with Crippen LogP contribution in [0.4, 0.5) is 0 Å². The van der Waals surface area contributed by atoms with E-state index >= 15 is 0 Å². The zero-order valence-corrected chi connectivity index (χ0v) is 20.9. The van der Waals surface area contributed by atoms with Gasteiger partial charge in [0, 0.05) is 12.1 Å². The maximum absolute atomic E-state index is 3.62. The Hall–Kier alpha value is -0.120. The lowest BCUT2D eigenvalue weighted by Crippen LogP contribution is -2.31. The van der Waals surface area contributed by atoms with Gasteiger partial charge in [0.15, 0.2) is 0 Å². The normalized spacial score (nSPS) is 14.3. The van der Waals surface area contributed by atoms with Gasteiger partial charge in [0.25, 0.3) is 0 Å². The van der Waals surface area contributed by atoms with Crippen molar-refractivity contribution in [2.75, 3.05) is 27.2 Å². The molecule has 27 heavy (non-hydrogen) atoms. The molecule has 1 aliphatic carbocycles. The maximum Gasteiger partial charge on any atom is 0.00670 e. The first kappa shape index (κ1) is 31.6. The summed E-state index contributed by atoms with van der Waals surface area (Å²) in [5.74, 6) is 0. The third-order valence-corrected chi connectivity index (χ3v) is 3.93. The van der Waals surface area contributed by atoms with Crippen LogP contribution in [0.15, 0.2) is 0 Å². The fourth-order valence-corrected chi connectivity index (χ4v) is 2.14. The molecule has 0 aliphatic heterocycles. The molecule has 0 heterocycles. The van der Waals surface area contributed by atoms with Gasteiger partial charge in [-0.15, -0.1) is 0 Å². The standard InChI is InChI=1S/C10H21N.C5H13N.C5H12.C4H11N/c1-2-3-9-11-10-7-5-4-6-8-10;1-3-4-5-6-2;1-5(2,3)4;1-4(2)5-3/h10-11H,2-9H2,1H3;6H,3-5H2,1-2H3;1-4H3;4-5H,1-3H3. The van der Waals surface area contributed by atoms with Gasteiger partial charge < -0.3 is 16.0 Å². The Labute approximate surface area is 174 Å². The van der Waals surface area contributed by atoms with Crippen LogP contribution in [0.25, 0.3) is 0 Å². The molecule has 0 aromatic carbocycles. The van der Waals surface area contributed by atoms with Crippen LogP contribution in [-0.4, -0.2) is 39.3 Å². The van der Waals surface area contributed by atoms with Crippen molar-refractivity contribution in [3.05, 3.63) is 0 Å². The minimum absolute atomic E-state index is 0.500. The third-order valence-electron chi connectivity index (χ3n) is 3.93. The number of unbranched alkanes of at least 4 members (excludes halogenated alkanes) is 2. The average Bonchev–Trinajstić information content (AvgIpc) is 2.61. The van der Waals surface area contributed by atoms with Crippen LogP contribution in [0, 0.1) is 5.41 Å². The number of hydrogen-bond donors (Lipinski definition) is 3. The molecule has 0 aromatic heterocycles. The van der Waals surface area contributed by atoms with Crippen molar-refractivity contribution in [3.8, 4) is 0 Å². The van der Waals surface area contributed by atoms with E-state index in [0.29, 0.717) is 11.5 Å². The van der Waals surface area contributed by atoms with E-state index in [-0.39, 0.29) is 0 Å². The summed E-state index contributed by atoms with van der Waals surface area (Å²) in [6.45, 7) is 19.8. The lowest BCUT2D eigenvalue weighted by Gasteiger charge is -2.22. The zero-order chi connectivity index (χ0) is 21.6. The summed E-state index contributed by atoms with van der Waals surface area (Å²) in [7, 11) is 3.93. The van der Waals surface area contributed by atoms with Gasteiger partial charge in [-0.25, -0.2) is 0 Å². The van der Waals surface area contributed by atoms with Crippen LogP contribution in [0.5, 0.6) is 0 Å². The molecule has 1 fully saturated rings. The summed E-state index contributed by atoms with van der Waals surface area (Å²) >= 11 is 0. The van der Waals surface area contributed by atoms with E-state index < -0.39 is 0 Å². The molecular weight excluding hydrogens is 330 g/mol. The smallest absolute Gasteiger partial charge is 0.00670 e. The van der Waals surface area contributed by atoms with E-state index in [1.54, 1.807) is 0 Å². The first-order chi connectivity index (χ1) is 12.6. The van der Waals surface area contributed by atoms with Crippen LogP contribution in [-0.2, 0) is 0 Å². The lowest BCUT2D eigenvalue weighted by atomic mass is 9.95. The van der Waals surface area contributed by atoms with Gasteiger partial charge in [-0.2, -0.15) is 0 Å². The molecular formula is C24H57N3. The number of nitrogens with one attached hydrogen (secondary N) is 3. The Morgan fingerprint density at radius 1 is 0.815 bits per heavy atom. The Morgan fingerprint density at radius 3 is 1.52 bits per heavy atom. The second-order valence-electron chi connectivity index (χ2n) is 9.54. The Kier molecular flexibility index (Phi) is 28.0. The topological polar surface area (TPSA) is 36.1 Å². The lowest BCUT2D eigenvalue weighted by molar-refractivity contribution is 0.372. The van der Waals surface area contributed by atoms with Gasteiger partial charge in [-0.3, -0.25) is 0 Å². The fourth-order valence-electron chi connectivity index (χ4n) is 2.14. The summed E-state index contributed by atoms with van der Waals surface area (Å²) in [6, 6.07) is 1.49. The summed E-state index contributed by atoms with van der Waals surface area (Å²) in [4.78, 5) is 0. The van der Waals surface area contributed by atoms with Crippen LogP contribution in [0.1, 0.15) is 113 Å². The van der Waals surface area contributed by atoms with Gasteiger partial charge in [0.1, 0.15) is 0 Å². The van der Waals surface area contributed by atoms with Gasteiger partial charge in [0.05, 0.1) is 0 Å². The average molecular weight is 388 g/mol. The van der Waals surface area contributed by atoms with Crippen LogP contribution < -0.4 is 16.0 Å². The van der Waals surface area contributed by atoms with Crippen molar-refractivity contribution < 1.29 is 0 Å². The molecule has 1 rings (SSSR count). The molecule has 3 N–H and O–H groups in total. The van der Waals surface area contributed by atoms with Crippen LogP contribution in [0.3, 0.4) is 0 Å². The minimum atomic E-state index is 0.500. The molecule has 3 nitrogen and oxygen atoms in total. The molecule has 0 unspecified atom stereocenters. The molecule has 0 bridgehead atoms. The second kappa shape index (κ2) is 23.9. The Balaban J connectivity index is -0.000000309. The SMILES string of the molecule is CC(C)(C)C.CCCCNC.CCCCNC1CCCCC1.CNC(C)C. The Morgan fingerprint density at radius 2 is 1.22 bits per heavy atom. The highest BCUT2D eigenvalue weighted by atomic mass is 14.9. The number of hydrogen-bond acceptors (Lipinski definition) is 3. The highest BCUT2D eigenvalue weighted by Crippen LogP contribution is 2.17. The van der Waals surface area contributed by atoms with Crippen molar-refractivity contribution in [1.82, 2.24) is 16.0 Å². The predicted octanol–water partition coefficient (Wildman–Crippen LogP) is 6.38. The van der Waals surface area contributed by atoms with E-state index in [2.05, 4.69) is 71.3 Å². The van der Waals surface area contributed by atoms with Gasteiger partial charge in [-0.1, -0.05) is 87.5 Å². The van der Waals surface area contributed by atoms with Crippen molar-refractivity contribution in [1.29, 1.82) is 0 Å². The van der Waals surface area contributed by atoms with Crippen LogP contribution >= 0.6 is 0 Å². The molecule has 1 aliphatic rings. The second-order valence-corrected chi connectivity index (χ2v) is 9.54. The monoisotopic (exact) mass is 387 g/mol. The first-order valence-corrected chi connectivity index (χ1v) is 11.7. The molecule has 0 atom stereocenters. The van der Waals surface area contributed by atoms with Gasteiger partial charge in [0.2, 0.25) is 0 Å². The summed E-state index contributed by atoms with van der Waals surface area (Å²) in [6.07, 6.45) is 12.5. The largest absolute Gasteiger partial charge is 0.320 e. The van der Waals surface area contributed by atoms with E-state index in [1.165, 1.54) is 64.3 Å². The summed E-state index contributed by atoms with van der Waals surface area (Å²) < 4.78 is 0. The van der Waals surface area contributed by atoms with Crippen molar-refractivity contribution in [2.45, 2.75) is 125 Å². The highest BCUT2D eigenvalue weighted by molar-refractivity contribution is 4.71. The van der Waals surface area contributed by atoms with Crippen molar-refractivity contribution >= 4 is 0 Å². The van der Waals surface area contributed by atoms with E-state index in [1.807, 2.05) is 14.1 Å². The molecule has 0 saturated heterocycles. The van der Waals surface area contributed by atoms with Crippen molar-refractivity contribution in [2.24, 2.45) is 5.41 Å². The van der Waals surface area contributed by atoms with E-state index in [0.717, 1.165) is 12.6 Å². The van der Waals surface area contributed by atoms with Crippen molar-refractivity contribution in [3.63, 3.8) is 0 Å². The molecule has 3 heteroatoms. The first-order valence-electron chi connectivity index (χ1n) is 11.7. The highest BCUT2D eigenvalue weighted by Gasteiger charge is 2.11. The number of rotatable bonds is 8. The molecule has 0 aromatic rings. The summed E-state index contributed by atoms with van der Waals surface area (Å²) in [5.41, 5.74) is 0.500. The third kappa shape index (κ3) is 46.2. The zero-order valence-electron chi connectivity index (χ0n) is 20.9. The Bertz CT molecular complexity index is 231. The maximum atomic E-state index is 3.62. The van der Waals surface area contributed by atoms with Gasteiger partial charge in [-0.05, 0) is 58.3 Å². The predicted molar refractivity (Wildman–Crippen MR) is 128 cm³/mol. The quantitative estimate of drug-likeness (QED) is 0.423. The fraction of sp³-hybridized carbons (Fsp3) is 1.00. The molecule has 168 valence electrons. The van der Waals surface area contributed by atoms with E-state index in [9.17, 15) is 0 Å². The molecule has 0 amide bonds. The minimum Gasteiger partial charge on any atom is -0.320 e. The van der Waals surface area contributed by atoms with Crippen LogP contribution in [0.2, 0.25) is 0 Å². The van der Waals surface area contributed by atoms with E-state index in [4.69, 9.17) is 0 Å².